The third-order valence-corrected chi connectivity index (χ3v) is 6.09. The first-order valence-electron chi connectivity index (χ1n) is 11.7. The molecule has 8 nitrogen and oxygen atoms in total. The van der Waals surface area contributed by atoms with Gasteiger partial charge in [0.15, 0.2) is 5.82 Å². The summed E-state index contributed by atoms with van der Waals surface area (Å²) in [6, 6.07) is 19.9. The van der Waals surface area contributed by atoms with Crippen LogP contribution in [0.3, 0.4) is 0 Å². The largest absolute Gasteiger partial charge is 0.352 e. The topological polar surface area (TPSA) is 91.6 Å². The summed E-state index contributed by atoms with van der Waals surface area (Å²) in [5, 5.41) is 6.81. The van der Waals surface area contributed by atoms with Crippen molar-refractivity contribution in [1.29, 1.82) is 0 Å². The van der Waals surface area contributed by atoms with Crippen LogP contribution in [0.1, 0.15) is 42.1 Å². The van der Waals surface area contributed by atoms with E-state index in [4.69, 9.17) is 4.52 Å². The Balaban J connectivity index is 1.18. The van der Waals surface area contributed by atoms with E-state index in [0.29, 0.717) is 44.3 Å². The lowest BCUT2D eigenvalue weighted by Crippen LogP contribution is -2.48. The van der Waals surface area contributed by atoms with E-state index in [9.17, 15) is 9.59 Å². The molecular formula is C26H31N5O3. The Bertz CT molecular complexity index is 1060. The van der Waals surface area contributed by atoms with E-state index in [1.807, 2.05) is 53.4 Å². The number of nitrogens with zero attached hydrogens (tertiary/aromatic N) is 4. The van der Waals surface area contributed by atoms with E-state index < -0.39 is 0 Å². The first-order chi connectivity index (χ1) is 16.6. The van der Waals surface area contributed by atoms with E-state index in [2.05, 4.69) is 39.4 Å². The maximum Gasteiger partial charge on any atom is 0.240 e. The number of carbonyl (C=O) groups excluding carboxylic acids is 2. The second kappa shape index (κ2) is 11.6. The zero-order valence-electron chi connectivity index (χ0n) is 19.5. The van der Waals surface area contributed by atoms with Crippen LogP contribution in [0.4, 0.5) is 0 Å². The van der Waals surface area contributed by atoms with Crippen LogP contribution < -0.4 is 5.32 Å². The van der Waals surface area contributed by atoms with Crippen molar-refractivity contribution < 1.29 is 14.1 Å². The highest BCUT2D eigenvalue weighted by Gasteiger charge is 2.24. The molecule has 1 aromatic heterocycles. The van der Waals surface area contributed by atoms with Gasteiger partial charge in [-0.2, -0.15) is 4.98 Å². The second-order valence-corrected chi connectivity index (χ2v) is 8.72. The van der Waals surface area contributed by atoms with Crippen molar-refractivity contribution in [1.82, 2.24) is 25.3 Å². The summed E-state index contributed by atoms with van der Waals surface area (Å²) >= 11 is 0. The Morgan fingerprint density at radius 2 is 1.68 bits per heavy atom. The Kier molecular flexibility index (Phi) is 8.04. The molecule has 2 aromatic carbocycles. The van der Waals surface area contributed by atoms with Crippen LogP contribution in [0.25, 0.3) is 0 Å². The summed E-state index contributed by atoms with van der Waals surface area (Å²) in [7, 11) is 0. The van der Waals surface area contributed by atoms with Crippen LogP contribution in [-0.2, 0) is 29.1 Å². The molecule has 0 radical (unpaired) electrons. The molecule has 1 aliphatic rings. The third kappa shape index (κ3) is 6.74. The van der Waals surface area contributed by atoms with Gasteiger partial charge >= 0.3 is 0 Å². The van der Waals surface area contributed by atoms with Crippen molar-refractivity contribution in [3.8, 4) is 0 Å². The standard InChI is InChI=1S/C26H31N5O3/c1-20(22-10-6-3-7-11-22)16-26(33)31-14-12-30(13-15-31)19-25-28-23(29-34-25)17-24(32)27-18-21-8-4-2-5-9-21/h2-11,20H,12-19H2,1H3,(H,27,32). The van der Waals surface area contributed by atoms with Crippen molar-refractivity contribution in [3.63, 3.8) is 0 Å². The number of hydrogen-bond donors (Lipinski definition) is 1. The summed E-state index contributed by atoms with van der Waals surface area (Å²) in [4.78, 5) is 33.4. The number of amides is 2. The average Bonchev–Trinajstić information content (AvgIpc) is 3.30. The molecule has 178 valence electrons. The molecule has 0 aliphatic carbocycles. The molecule has 3 aromatic rings. The maximum atomic E-state index is 12.7. The molecule has 8 heteroatoms. The van der Waals surface area contributed by atoms with Crippen molar-refractivity contribution in [2.24, 2.45) is 0 Å². The number of benzene rings is 2. The summed E-state index contributed by atoms with van der Waals surface area (Å²) in [6.45, 7) is 5.95. The second-order valence-electron chi connectivity index (χ2n) is 8.72. The first-order valence-corrected chi connectivity index (χ1v) is 11.7. The van der Waals surface area contributed by atoms with E-state index >= 15 is 0 Å². The number of aromatic nitrogens is 2. The van der Waals surface area contributed by atoms with E-state index in [1.165, 1.54) is 5.56 Å². The quantitative estimate of drug-likeness (QED) is 0.527. The Morgan fingerprint density at radius 3 is 2.38 bits per heavy atom. The molecule has 4 rings (SSSR count). The van der Waals surface area contributed by atoms with Crippen molar-refractivity contribution in [2.45, 2.75) is 38.8 Å². The minimum Gasteiger partial charge on any atom is -0.352 e. The van der Waals surface area contributed by atoms with Crippen LogP contribution >= 0.6 is 0 Å². The lowest BCUT2D eigenvalue weighted by molar-refractivity contribution is -0.133. The van der Waals surface area contributed by atoms with E-state index in [1.54, 1.807) is 0 Å². The van der Waals surface area contributed by atoms with Crippen LogP contribution in [0.2, 0.25) is 0 Å². The summed E-state index contributed by atoms with van der Waals surface area (Å²) in [5.41, 5.74) is 2.23. The average molecular weight is 462 g/mol. The van der Waals surface area contributed by atoms with Crippen molar-refractivity contribution in [3.05, 3.63) is 83.5 Å². The normalized spacial score (nSPS) is 15.1. The highest BCUT2D eigenvalue weighted by atomic mass is 16.5. The van der Waals surface area contributed by atoms with E-state index in [0.717, 1.165) is 18.7 Å². The van der Waals surface area contributed by atoms with Crippen molar-refractivity contribution >= 4 is 11.8 Å². The minimum absolute atomic E-state index is 0.0816. The predicted molar refractivity (Wildman–Crippen MR) is 128 cm³/mol. The lowest BCUT2D eigenvalue weighted by Gasteiger charge is -2.34. The number of hydrogen-bond acceptors (Lipinski definition) is 6. The van der Waals surface area contributed by atoms with Crippen LogP contribution in [0.5, 0.6) is 0 Å². The highest BCUT2D eigenvalue weighted by molar-refractivity contribution is 5.78. The van der Waals surface area contributed by atoms with Crippen LogP contribution in [0.15, 0.2) is 65.2 Å². The van der Waals surface area contributed by atoms with Gasteiger partial charge in [0, 0.05) is 39.1 Å². The molecule has 0 bridgehead atoms. The molecule has 2 heterocycles. The van der Waals surface area contributed by atoms with Gasteiger partial charge in [-0.15, -0.1) is 0 Å². The minimum atomic E-state index is -0.145. The summed E-state index contributed by atoms with van der Waals surface area (Å²) in [6.07, 6.45) is 0.599. The monoisotopic (exact) mass is 461 g/mol. The fraction of sp³-hybridized carbons (Fsp3) is 0.385. The van der Waals surface area contributed by atoms with Gasteiger partial charge in [0.2, 0.25) is 17.7 Å². The number of nitrogens with one attached hydrogen (secondary N) is 1. The number of rotatable bonds is 9. The zero-order chi connectivity index (χ0) is 23.8. The molecule has 1 N–H and O–H groups in total. The predicted octanol–water partition coefficient (Wildman–Crippen LogP) is 2.77. The van der Waals surface area contributed by atoms with Gasteiger partial charge in [-0.1, -0.05) is 72.7 Å². The van der Waals surface area contributed by atoms with Gasteiger partial charge in [0.1, 0.15) is 0 Å². The maximum absolute atomic E-state index is 12.7. The van der Waals surface area contributed by atoms with Crippen LogP contribution in [0, 0.1) is 0 Å². The fourth-order valence-electron chi connectivity index (χ4n) is 4.07. The smallest absolute Gasteiger partial charge is 0.240 e. The zero-order valence-corrected chi connectivity index (χ0v) is 19.5. The van der Waals surface area contributed by atoms with Crippen LogP contribution in [-0.4, -0.2) is 57.9 Å². The van der Waals surface area contributed by atoms with Gasteiger partial charge in [-0.25, -0.2) is 0 Å². The fourth-order valence-corrected chi connectivity index (χ4v) is 4.07. The van der Waals surface area contributed by atoms with Gasteiger partial charge in [-0.05, 0) is 17.0 Å². The Hall–Kier alpha value is -3.52. The first kappa shape index (κ1) is 23.6. The van der Waals surface area contributed by atoms with Gasteiger partial charge < -0.3 is 14.7 Å². The number of carbonyl (C=O) groups is 2. The summed E-state index contributed by atoms with van der Waals surface area (Å²) < 4.78 is 5.34. The number of piperazine rings is 1. The molecule has 34 heavy (non-hydrogen) atoms. The van der Waals surface area contributed by atoms with Gasteiger partial charge in [-0.3, -0.25) is 14.5 Å². The molecular weight excluding hydrogens is 430 g/mol. The Labute approximate surface area is 199 Å². The summed E-state index contributed by atoms with van der Waals surface area (Å²) in [5.74, 6) is 1.12. The van der Waals surface area contributed by atoms with Gasteiger partial charge in [0.25, 0.3) is 0 Å². The molecule has 1 fully saturated rings. The molecule has 1 saturated heterocycles. The third-order valence-electron chi connectivity index (χ3n) is 6.09. The SMILES string of the molecule is CC(CC(=O)N1CCN(Cc2nc(CC(=O)NCc3ccccc3)no2)CC1)c1ccccc1. The molecule has 0 saturated carbocycles. The molecule has 1 unspecified atom stereocenters. The van der Waals surface area contributed by atoms with Crippen molar-refractivity contribution in [2.75, 3.05) is 26.2 Å². The van der Waals surface area contributed by atoms with E-state index in [-0.39, 0.29) is 24.2 Å². The molecule has 1 atom stereocenters. The Morgan fingerprint density at radius 1 is 1.00 bits per heavy atom. The van der Waals surface area contributed by atoms with Gasteiger partial charge in [0.05, 0.1) is 13.0 Å². The molecule has 1 aliphatic heterocycles. The molecule has 2 amide bonds. The molecule has 0 spiro atoms. The lowest BCUT2D eigenvalue weighted by atomic mass is 9.97. The highest BCUT2D eigenvalue weighted by Crippen LogP contribution is 2.20.